The summed E-state index contributed by atoms with van der Waals surface area (Å²) in [6.07, 6.45) is 0.309. The molecule has 0 aromatic carbocycles. The van der Waals surface area contributed by atoms with Crippen LogP contribution in [0.3, 0.4) is 0 Å². The predicted molar refractivity (Wildman–Crippen MR) is 31.2 cm³/mol. The van der Waals surface area contributed by atoms with E-state index < -0.39 is 6.17 Å². The average molecular weight is 117 g/mol. The van der Waals surface area contributed by atoms with E-state index in [9.17, 15) is 4.39 Å². The minimum Gasteiger partial charge on any atom is -0.328 e. The molecule has 0 bridgehead atoms. The van der Waals surface area contributed by atoms with E-state index in [1.165, 1.54) is 0 Å². The van der Waals surface area contributed by atoms with Crippen molar-refractivity contribution in [2.75, 3.05) is 6.54 Å². The SMILES string of the molecule is CC1CC1C(F)CN. The first-order valence-corrected chi connectivity index (χ1v) is 3.10. The predicted octanol–water partition coefficient (Wildman–Crippen LogP) is 0.939. The van der Waals surface area contributed by atoms with Gasteiger partial charge in [0, 0.05) is 6.54 Å². The van der Waals surface area contributed by atoms with Crippen molar-refractivity contribution in [3.63, 3.8) is 0 Å². The van der Waals surface area contributed by atoms with Crippen molar-refractivity contribution in [3.8, 4) is 0 Å². The van der Waals surface area contributed by atoms with E-state index in [4.69, 9.17) is 5.73 Å². The maximum atomic E-state index is 12.4. The second-order valence-corrected chi connectivity index (χ2v) is 2.63. The van der Waals surface area contributed by atoms with E-state index in [2.05, 4.69) is 6.92 Å². The summed E-state index contributed by atoms with van der Waals surface area (Å²) in [6, 6.07) is 0. The number of nitrogens with two attached hydrogens (primary N) is 1. The van der Waals surface area contributed by atoms with Crippen molar-refractivity contribution in [1.29, 1.82) is 0 Å². The standard InChI is InChI=1S/C6H12FN/c1-4-2-5(4)6(7)3-8/h4-6H,2-3,8H2,1H3. The molecule has 48 valence electrons. The molecule has 1 aliphatic carbocycles. The topological polar surface area (TPSA) is 26.0 Å². The normalized spacial score (nSPS) is 39.4. The molecule has 3 atom stereocenters. The molecule has 1 aliphatic rings. The molecule has 0 spiro atoms. The summed E-state index contributed by atoms with van der Waals surface area (Å²) < 4.78 is 12.4. The van der Waals surface area contributed by atoms with Crippen LogP contribution in [0.15, 0.2) is 0 Å². The lowest BCUT2D eigenvalue weighted by molar-refractivity contribution is 0.296. The number of hydrogen-bond donors (Lipinski definition) is 1. The molecular formula is C6H12FN. The van der Waals surface area contributed by atoms with Gasteiger partial charge >= 0.3 is 0 Å². The van der Waals surface area contributed by atoms with Gasteiger partial charge in [0.15, 0.2) is 0 Å². The van der Waals surface area contributed by atoms with Gasteiger partial charge in [0.1, 0.15) is 6.17 Å². The lowest BCUT2D eigenvalue weighted by atomic mass is 10.2. The molecule has 2 N–H and O–H groups in total. The molecule has 0 aromatic rings. The van der Waals surface area contributed by atoms with Gasteiger partial charge in [-0.3, -0.25) is 0 Å². The smallest absolute Gasteiger partial charge is 0.115 e. The fraction of sp³-hybridized carbons (Fsp3) is 1.00. The van der Waals surface area contributed by atoms with Crippen molar-refractivity contribution in [3.05, 3.63) is 0 Å². The first kappa shape index (κ1) is 6.02. The Bertz CT molecular complexity index is 82.6. The number of halogens is 1. The molecular weight excluding hydrogens is 105 g/mol. The fourth-order valence-electron chi connectivity index (χ4n) is 1.03. The number of hydrogen-bond acceptors (Lipinski definition) is 1. The average Bonchev–Trinajstić information content (AvgIpc) is 2.45. The van der Waals surface area contributed by atoms with E-state index >= 15 is 0 Å². The molecule has 0 aliphatic heterocycles. The van der Waals surface area contributed by atoms with Crippen molar-refractivity contribution in [1.82, 2.24) is 0 Å². The highest BCUT2D eigenvalue weighted by atomic mass is 19.1. The van der Waals surface area contributed by atoms with Gasteiger partial charge < -0.3 is 5.73 Å². The highest BCUT2D eigenvalue weighted by Crippen LogP contribution is 2.41. The van der Waals surface area contributed by atoms with E-state index in [0.29, 0.717) is 11.8 Å². The van der Waals surface area contributed by atoms with Gasteiger partial charge in [-0.1, -0.05) is 6.92 Å². The van der Waals surface area contributed by atoms with Crippen molar-refractivity contribution in [2.45, 2.75) is 19.5 Å². The molecule has 0 heterocycles. The van der Waals surface area contributed by atoms with Gasteiger partial charge in [-0.2, -0.15) is 0 Å². The Hall–Kier alpha value is -0.110. The quantitative estimate of drug-likeness (QED) is 0.572. The van der Waals surface area contributed by atoms with Crippen molar-refractivity contribution >= 4 is 0 Å². The first-order valence-electron chi connectivity index (χ1n) is 3.10. The monoisotopic (exact) mass is 117 g/mol. The third kappa shape index (κ3) is 0.996. The van der Waals surface area contributed by atoms with Crippen LogP contribution in [-0.2, 0) is 0 Å². The van der Waals surface area contributed by atoms with Crippen LogP contribution in [0, 0.1) is 11.8 Å². The van der Waals surface area contributed by atoms with E-state index in [1.54, 1.807) is 0 Å². The Kier molecular flexibility index (Phi) is 1.52. The summed E-state index contributed by atoms with van der Waals surface area (Å²) in [7, 11) is 0. The number of alkyl halides is 1. The van der Waals surface area contributed by atoms with Crippen molar-refractivity contribution in [2.24, 2.45) is 17.6 Å². The van der Waals surface area contributed by atoms with Crippen molar-refractivity contribution < 1.29 is 4.39 Å². The molecule has 1 nitrogen and oxygen atoms in total. The largest absolute Gasteiger partial charge is 0.328 e. The molecule has 1 rings (SSSR count). The Morgan fingerprint density at radius 3 is 2.50 bits per heavy atom. The van der Waals surface area contributed by atoms with Gasteiger partial charge in [-0.25, -0.2) is 4.39 Å². The van der Waals surface area contributed by atoms with E-state index in [1.807, 2.05) is 0 Å². The molecule has 0 radical (unpaired) electrons. The third-order valence-electron chi connectivity index (χ3n) is 1.86. The van der Waals surface area contributed by atoms with E-state index in [0.717, 1.165) is 6.42 Å². The second kappa shape index (κ2) is 2.02. The zero-order valence-corrected chi connectivity index (χ0v) is 5.10. The molecule has 1 saturated carbocycles. The maximum Gasteiger partial charge on any atom is 0.115 e. The van der Waals surface area contributed by atoms with Crippen LogP contribution in [0.1, 0.15) is 13.3 Å². The summed E-state index contributed by atoms with van der Waals surface area (Å²) in [5, 5.41) is 0. The highest BCUT2D eigenvalue weighted by Gasteiger charge is 2.38. The summed E-state index contributed by atoms with van der Waals surface area (Å²) >= 11 is 0. The summed E-state index contributed by atoms with van der Waals surface area (Å²) in [4.78, 5) is 0. The Balaban J connectivity index is 2.18. The Labute approximate surface area is 49.1 Å². The molecule has 3 unspecified atom stereocenters. The van der Waals surface area contributed by atoms with Gasteiger partial charge in [-0.15, -0.1) is 0 Å². The highest BCUT2D eigenvalue weighted by molar-refractivity contribution is 4.88. The molecule has 2 heteroatoms. The molecule has 0 amide bonds. The maximum absolute atomic E-state index is 12.4. The van der Waals surface area contributed by atoms with Gasteiger partial charge in [0.05, 0.1) is 0 Å². The minimum absolute atomic E-state index is 0.203. The molecule has 1 fully saturated rings. The van der Waals surface area contributed by atoms with E-state index in [-0.39, 0.29) is 6.54 Å². The van der Waals surface area contributed by atoms with Crippen LogP contribution >= 0.6 is 0 Å². The second-order valence-electron chi connectivity index (χ2n) is 2.63. The van der Waals surface area contributed by atoms with Crippen LogP contribution in [0.2, 0.25) is 0 Å². The van der Waals surface area contributed by atoms with Crippen LogP contribution in [0.5, 0.6) is 0 Å². The van der Waals surface area contributed by atoms with Crippen LogP contribution in [0.4, 0.5) is 4.39 Å². The summed E-state index contributed by atoms with van der Waals surface area (Å²) in [5.41, 5.74) is 5.10. The lowest BCUT2D eigenvalue weighted by Crippen LogP contribution is -2.17. The summed E-state index contributed by atoms with van der Waals surface area (Å²) in [5.74, 6) is 0.883. The fourth-order valence-corrected chi connectivity index (χ4v) is 1.03. The Morgan fingerprint density at radius 1 is 1.88 bits per heavy atom. The number of rotatable bonds is 2. The molecule has 0 aromatic heterocycles. The zero-order valence-electron chi connectivity index (χ0n) is 5.10. The molecule has 0 saturated heterocycles. The zero-order chi connectivity index (χ0) is 6.15. The van der Waals surface area contributed by atoms with Crippen LogP contribution in [0.25, 0.3) is 0 Å². The molecule has 8 heavy (non-hydrogen) atoms. The summed E-state index contributed by atoms with van der Waals surface area (Å²) in [6.45, 7) is 2.27. The van der Waals surface area contributed by atoms with Gasteiger partial charge in [-0.05, 0) is 18.3 Å². The third-order valence-corrected chi connectivity index (χ3v) is 1.86. The Morgan fingerprint density at radius 2 is 2.38 bits per heavy atom. The van der Waals surface area contributed by atoms with Gasteiger partial charge in [0.2, 0.25) is 0 Å². The van der Waals surface area contributed by atoms with Crippen LogP contribution < -0.4 is 5.73 Å². The minimum atomic E-state index is -0.731. The lowest BCUT2D eigenvalue weighted by Gasteiger charge is -1.99. The first-order chi connectivity index (χ1) is 3.75. The van der Waals surface area contributed by atoms with Crippen LogP contribution in [-0.4, -0.2) is 12.7 Å². The van der Waals surface area contributed by atoms with Gasteiger partial charge in [0.25, 0.3) is 0 Å².